The van der Waals surface area contributed by atoms with Crippen LogP contribution in [0, 0.1) is 0 Å². The number of benzene rings is 3. The predicted molar refractivity (Wildman–Crippen MR) is 112 cm³/mol. The summed E-state index contributed by atoms with van der Waals surface area (Å²) in [6, 6.07) is 23.6. The van der Waals surface area contributed by atoms with E-state index in [0.717, 1.165) is 16.9 Å². The summed E-state index contributed by atoms with van der Waals surface area (Å²) < 4.78 is 16.8. The molecular formula is C22H21NO3S. The quantitative estimate of drug-likeness (QED) is 0.463. The highest BCUT2D eigenvalue weighted by atomic mass is 32.1. The standard InChI is InChI=1S/C22H21NO3S/c1-24-20-12-9-18(22(23)27)15-21(20)26-14-13-25-19-10-7-17(8-11-19)16-5-3-2-4-6-16/h2-12,15H,13-14H2,1H3,(H2,23,27). The van der Waals surface area contributed by atoms with E-state index in [-0.39, 0.29) is 0 Å². The van der Waals surface area contributed by atoms with Crippen LogP contribution in [0.4, 0.5) is 0 Å². The third kappa shape index (κ3) is 4.99. The van der Waals surface area contributed by atoms with Crippen molar-refractivity contribution in [1.29, 1.82) is 0 Å². The van der Waals surface area contributed by atoms with Gasteiger partial charge in [0.1, 0.15) is 24.0 Å². The van der Waals surface area contributed by atoms with Crippen molar-refractivity contribution < 1.29 is 14.2 Å². The Labute approximate surface area is 164 Å². The second kappa shape index (κ2) is 9.05. The van der Waals surface area contributed by atoms with Gasteiger partial charge in [0, 0.05) is 5.56 Å². The molecule has 5 heteroatoms. The van der Waals surface area contributed by atoms with Crippen LogP contribution in [-0.2, 0) is 0 Å². The van der Waals surface area contributed by atoms with Crippen molar-refractivity contribution in [3.05, 3.63) is 78.4 Å². The molecule has 0 bridgehead atoms. The Kier molecular flexibility index (Phi) is 6.28. The summed E-state index contributed by atoms with van der Waals surface area (Å²) in [7, 11) is 1.59. The summed E-state index contributed by atoms with van der Waals surface area (Å²) in [6.07, 6.45) is 0. The number of thiocarbonyl (C=S) groups is 1. The first-order chi connectivity index (χ1) is 13.2. The molecule has 0 aliphatic rings. The van der Waals surface area contributed by atoms with E-state index in [9.17, 15) is 0 Å². The van der Waals surface area contributed by atoms with Crippen LogP contribution in [0.2, 0.25) is 0 Å². The van der Waals surface area contributed by atoms with E-state index < -0.39 is 0 Å². The zero-order valence-corrected chi connectivity index (χ0v) is 15.9. The average Bonchev–Trinajstić information content (AvgIpc) is 2.72. The highest BCUT2D eigenvalue weighted by Crippen LogP contribution is 2.28. The molecule has 3 aromatic rings. The first-order valence-electron chi connectivity index (χ1n) is 8.56. The van der Waals surface area contributed by atoms with Gasteiger partial charge in [-0.2, -0.15) is 0 Å². The molecule has 4 nitrogen and oxygen atoms in total. The topological polar surface area (TPSA) is 53.7 Å². The number of methoxy groups -OCH3 is 1. The summed E-state index contributed by atoms with van der Waals surface area (Å²) in [6.45, 7) is 0.780. The highest BCUT2D eigenvalue weighted by Gasteiger charge is 2.07. The fraction of sp³-hybridized carbons (Fsp3) is 0.136. The Morgan fingerprint density at radius 1 is 0.815 bits per heavy atom. The molecule has 138 valence electrons. The number of hydrogen-bond donors (Lipinski definition) is 1. The molecule has 0 amide bonds. The highest BCUT2D eigenvalue weighted by molar-refractivity contribution is 7.80. The van der Waals surface area contributed by atoms with Crippen LogP contribution in [-0.4, -0.2) is 25.3 Å². The molecule has 0 atom stereocenters. The zero-order chi connectivity index (χ0) is 19.1. The van der Waals surface area contributed by atoms with Crippen molar-refractivity contribution in [2.24, 2.45) is 5.73 Å². The molecule has 0 unspecified atom stereocenters. The van der Waals surface area contributed by atoms with Crippen molar-refractivity contribution in [3.8, 4) is 28.4 Å². The molecule has 0 heterocycles. The third-order valence-electron chi connectivity index (χ3n) is 4.02. The third-order valence-corrected chi connectivity index (χ3v) is 4.25. The van der Waals surface area contributed by atoms with E-state index in [1.807, 2.05) is 42.5 Å². The molecule has 3 aromatic carbocycles. The number of rotatable bonds is 8. The van der Waals surface area contributed by atoms with Crippen molar-refractivity contribution in [2.45, 2.75) is 0 Å². The van der Waals surface area contributed by atoms with Crippen LogP contribution in [0.1, 0.15) is 5.56 Å². The van der Waals surface area contributed by atoms with Gasteiger partial charge < -0.3 is 19.9 Å². The van der Waals surface area contributed by atoms with E-state index >= 15 is 0 Å². The van der Waals surface area contributed by atoms with Gasteiger partial charge in [-0.3, -0.25) is 0 Å². The summed E-state index contributed by atoms with van der Waals surface area (Å²) in [5, 5.41) is 0. The van der Waals surface area contributed by atoms with Crippen LogP contribution < -0.4 is 19.9 Å². The van der Waals surface area contributed by atoms with E-state index in [2.05, 4.69) is 12.1 Å². The molecule has 0 radical (unpaired) electrons. The lowest BCUT2D eigenvalue weighted by molar-refractivity contribution is 0.211. The summed E-state index contributed by atoms with van der Waals surface area (Å²) in [5.74, 6) is 2.01. The van der Waals surface area contributed by atoms with Gasteiger partial charge in [-0.25, -0.2) is 0 Å². The van der Waals surface area contributed by atoms with Crippen LogP contribution in [0.25, 0.3) is 11.1 Å². The van der Waals surface area contributed by atoms with Crippen molar-refractivity contribution in [2.75, 3.05) is 20.3 Å². The Balaban J connectivity index is 1.55. The molecule has 27 heavy (non-hydrogen) atoms. The molecule has 3 rings (SSSR count). The maximum Gasteiger partial charge on any atom is 0.162 e. The summed E-state index contributed by atoms with van der Waals surface area (Å²) in [5.41, 5.74) is 8.73. The molecule has 0 aliphatic carbocycles. The van der Waals surface area contributed by atoms with Crippen LogP contribution in [0.15, 0.2) is 72.8 Å². The second-order valence-electron chi connectivity index (χ2n) is 5.82. The minimum absolute atomic E-state index is 0.317. The van der Waals surface area contributed by atoms with Gasteiger partial charge in [0.25, 0.3) is 0 Å². The first-order valence-corrected chi connectivity index (χ1v) is 8.97. The average molecular weight is 379 g/mol. The molecule has 0 aromatic heterocycles. The largest absolute Gasteiger partial charge is 0.493 e. The normalized spacial score (nSPS) is 10.3. The number of ether oxygens (including phenoxy) is 3. The monoisotopic (exact) mass is 379 g/mol. The minimum atomic E-state index is 0.317. The molecule has 0 aliphatic heterocycles. The molecule has 0 saturated heterocycles. The first kappa shape index (κ1) is 18.7. The summed E-state index contributed by atoms with van der Waals surface area (Å²) in [4.78, 5) is 0.317. The predicted octanol–water partition coefficient (Wildman–Crippen LogP) is 4.45. The van der Waals surface area contributed by atoms with Gasteiger partial charge in [-0.1, -0.05) is 54.7 Å². The lowest BCUT2D eigenvalue weighted by Gasteiger charge is -2.13. The number of hydrogen-bond acceptors (Lipinski definition) is 4. The van der Waals surface area contributed by atoms with Gasteiger partial charge in [-0.15, -0.1) is 0 Å². The van der Waals surface area contributed by atoms with Gasteiger partial charge in [0.2, 0.25) is 0 Å². The Morgan fingerprint density at radius 3 is 2.15 bits per heavy atom. The van der Waals surface area contributed by atoms with E-state index in [4.69, 9.17) is 32.2 Å². The Bertz CT molecular complexity index is 895. The second-order valence-corrected chi connectivity index (χ2v) is 6.26. The molecule has 2 N–H and O–H groups in total. The molecule has 0 spiro atoms. The lowest BCUT2D eigenvalue weighted by atomic mass is 10.1. The fourth-order valence-electron chi connectivity index (χ4n) is 2.63. The summed E-state index contributed by atoms with van der Waals surface area (Å²) >= 11 is 5.00. The van der Waals surface area contributed by atoms with Crippen LogP contribution in [0.3, 0.4) is 0 Å². The zero-order valence-electron chi connectivity index (χ0n) is 15.1. The molecule has 0 saturated carbocycles. The molecule has 0 fully saturated rings. The van der Waals surface area contributed by atoms with Gasteiger partial charge in [-0.05, 0) is 41.5 Å². The van der Waals surface area contributed by atoms with E-state index in [0.29, 0.717) is 29.7 Å². The van der Waals surface area contributed by atoms with Crippen molar-refractivity contribution in [1.82, 2.24) is 0 Å². The van der Waals surface area contributed by atoms with Crippen LogP contribution in [0.5, 0.6) is 17.2 Å². The Morgan fingerprint density at radius 2 is 1.48 bits per heavy atom. The maximum absolute atomic E-state index is 5.77. The SMILES string of the molecule is COc1ccc(C(N)=S)cc1OCCOc1ccc(-c2ccccc2)cc1. The van der Waals surface area contributed by atoms with E-state index in [1.54, 1.807) is 25.3 Å². The van der Waals surface area contributed by atoms with Crippen molar-refractivity contribution >= 4 is 17.2 Å². The Hall–Kier alpha value is -3.05. The van der Waals surface area contributed by atoms with E-state index in [1.165, 1.54) is 5.56 Å². The lowest BCUT2D eigenvalue weighted by Crippen LogP contribution is -2.12. The van der Waals surface area contributed by atoms with Crippen LogP contribution >= 0.6 is 12.2 Å². The number of nitrogens with two attached hydrogens (primary N) is 1. The minimum Gasteiger partial charge on any atom is -0.493 e. The smallest absolute Gasteiger partial charge is 0.162 e. The maximum atomic E-state index is 5.77. The van der Waals surface area contributed by atoms with Gasteiger partial charge in [0.15, 0.2) is 11.5 Å². The fourth-order valence-corrected chi connectivity index (χ4v) is 2.76. The van der Waals surface area contributed by atoms with Gasteiger partial charge >= 0.3 is 0 Å². The molecular weight excluding hydrogens is 358 g/mol. The van der Waals surface area contributed by atoms with Crippen molar-refractivity contribution in [3.63, 3.8) is 0 Å². The van der Waals surface area contributed by atoms with Gasteiger partial charge in [0.05, 0.1) is 7.11 Å².